The number of aryl methyl sites for hydroxylation is 1. The van der Waals surface area contributed by atoms with Crippen molar-refractivity contribution in [2.45, 2.75) is 45.6 Å². The molecule has 0 aliphatic heterocycles. The van der Waals surface area contributed by atoms with Crippen LogP contribution in [0.15, 0.2) is 48.9 Å². The van der Waals surface area contributed by atoms with Crippen LogP contribution in [0.2, 0.25) is 0 Å². The predicted octanol–water partition coefficient (Wildman–Crippen LogP) is 3.62. The Bertz CT molecular complexity index is 962. The predicted molar refractivity (Wildman–Crippen MR) is 105 cm³/mol. The summed E-state index contributed by atoms with van der Waals surface area (Å²) in [7, 11) is 0. The van der Waals surface area contributed by atoms with E-state index in [0.29, 0.717) is 6.42 Å². The summed E-state index contributed by atoms with van der Waals surface area (Å²) in [6.45, 7) is 4.25. The van der Waals surface area contributed by atoms with E-state index in [-0.39, 0.29) is 11.9 Å². The summed E-state index contributed by atoms with van der Waals surface area (Å²) >= 11 is 0. The number of hydrogen-bond acceptors (Lipinski definition) is 3. The van der Waals surface area contributed by atoms with Crippen LogP contribution in [-0.2, 0) is 17.6 Å². The van der Waals surface area contributed by atoms with Gasteiger partial charge in [-0.15, -0.1) is 0 Å². The van der Waals surface area contributed by atoms with Crippen molar-refractivity contribution in [2.24, 2.45) is 0 Å². The molecule has 0 fully saturated rings. The van der Waals surface area contributed by atoms with Gasteiger partial charge in [0, 0.05) is 23.7 Å². The molecule has 0 bridgehead atoms. The lowest BCUT2D eigenvalue weighted by molar-refractivity contribution is -0.121. The first-order chi connectivity index (χ1) is 13.1. The van der Waals surface area contributed by atoms with Crippen LogP contribution in [0, 0.1) is 13.8 Å². The molecular formula is C22H24N4O. The maximum atomic E-state index is 12.5. The molecule has 5 nitrogen and oxygen atoms in total. The third-order valence-electron chi connectivity index (χ3n) is 5.41. The van der Waals surface area contributed by atoms with E-state index in [1.165, 1.54) is 16.8 Å². The monoisotopic (exact) mass is 360 g/mol. The topological polar surface area (TPSA) is 59.8 Å². The SMILES string of the molecule is Cc1cccc(-n2ncc3c2CCC[C@H]3NC(=O)Cc2cccnc2)c1C. The summed E-state index contributed by atoms with van der Waals surface area (Å²) in [6, 6.07) is 10.1. The van der Waals surface area contributed by atoms with Gasteiger partial charge in [0.15, 0.2) is 0 Å². The summed E-state index contributed by atoms with van der Waals surface area (Å²) in [5.41, 5.74) is 6.90. The minimum atomic E-state index is 0.0248. The molecule has 4 rings (SSSR count). The molecule has 0 saturated heterocycles. The van der Waals surface area contributed by atoms with Crippen molar-refractivity contribution in [2.75, 3.05) is 0 Å². The van der Waals surface area contributed by atoms with E-state index in [1.807, 2.05) is 18.3 Å². The number of carbonyl (C=O) groups is 1. The summed E-state index contributed by atoms with van der Waals surface area (Å²) < 4.78 is 2.05. The Morgan fingerprint density at radius 3 is 2.93 bits per heavy atom. The number of fused-ring (bicyclic) bond motifs is 1. The van der Waals surface area contributed by atoms with E-state index in [2.05, 4.69) is 52.1 Å². The van der Waals surface area contributed by atoms with Gasteiger partial charge in [0.25, 0.3) is 0 Å². The zero-order chi connectivity index (χ0) is 18.8. The number of pyridine rings is 1. The molecule has 3 aromatic rings. The normalized spacial score (nSPS) is 16.0. The van der Waals surface area contributed by atoms with Crippen LogP contribution in [0.1, 0.15) is 46.8 Å². The van der Waals surface area contributed by atoms with E-state index in [1.54, 1.807) is 12.4 Å². The number of nitrogens with one attached hydrogen (secondary N) is 1. The molecule has 2 heterocycles. The standard InChI is InChI=1S/C22H24N4O/c1-15-6-3-9-20(16(15)2)26-21-10-4-8-19(18(21)14-24-26)25-22(27)12-17-7-5-11-23-13-17/h3,5-7,9,11,13-14,19H,4,8,10,12H2,1-2H3,(H,25,27)/t19-/m1/s1. The minimum absolute atomic E-state index is 0.0248. The van der Waals surface area contributed by atoms with Crippen molar-refractivity contribution < 1.29 is 4.79 Å². The van der Waals surface area contributed by atoms with Crippen molar-refractivity contribution in [1.82, 2.24) is 20.1 Å². The Morgan fingerprint density at radius 2 is 2.11 bits per heavy atom. The van der Waals surface area contributed by atoms with Crippen molar-refractivity contribution in [1.29, 1.82) is 0 Å². The maximum absolute atomic E-state index is 12.5. The Labute approximate surface area is 159 Å². The minimum Gasteiger partial charge on any atom is -0.349 e. The quantitative estimate of drug-likeness (QED) is 0.773. The Hall–Kier alpha value is -2.95. The molecule has 0 radical (unpaired) electrons. The smallest absolute Gasteiger partial charge is 0.224 e. The molecule has 2 aromatic heterocycles. The van der Waals surface area contributed by atoms with Gasteiger partial charge >= 0.3 is 0 Å². The van der Waals surface area contributed by atoms with Crippen molar-refractivity contribution in [3.63, 3.8) is 0 Å². The Balaban J connectivity index is 1.57. The fourth-order valence-electron chi connectivity index (χ4n) is 3.81. The first kappa shape index (κ1) is 17.5. The van der Waals surface area contributed by atoms with Crippen LogP contribution in [0.25, 0.3) is 5.69 Å². The summed E-state index contributed by atoms with van der Waals surface area (Å²) in [6.07, 6.45) is 8.71. The molecule has 1 N–H and O–H groups in total. The highest BCUT2D eigenvalue weighted by molar-refractivity contribution is 5.79. The second-order valence-electron chi connectivity index (χ2n) is 7.23. The maximum Gasteiger partial charge on any atom is 0.224 e. The Morgan fingerprint density at radius 1 is 1.22 bits per heavy atom. The highest BCUT2D eigenvalue weighted by Gasteiger charge is 2.26. The number of aromatic nitrogens is 3. The van der Waals surface area contributed by atoms with Crippen LogP contribution in [0.4, 0.5) is 0 Å². The summed E-state index contributed by atoms with van der Waals surface area (Å²) in [5, 5.41) is 7.86. The van der Waals surface area contributed by atoms with Gasteiger partial charge in [-0.3, -0.25) is 9.78 Å². The zero-order valence-electron chi connectivity index (χ0n) is 15.8. The molecule has 5 heteroatoms. The number of amides is 1. The van der Waals surface area contributed by atoms with Gasteiger partial charge in [0.2, 0.25) is 5.91 Å². The van der Waals surface area contributed by atoms with Gasteiger partial charge in [-0.05, 0) is 61.9 Å². The van der Waals surface area contributed by atoms with Gasteiger partial charge in [-0.1, -0.05) is 18.2 Å². The molecule has 1 atom stereocenters. The van der Waals surface area contributed by atoms with Crippen molar-refractivity contribution in [3.8, 4) is 5.69 Å². The molecule has 138 valence electrons. The third-order valence-corrected chi connectivity index (χ3v) is 5.41. The largest absolute Gasteiger partial charge is 0.349 e. The third kappa shape index (κ3) is 3.50. The van der Waals surface area contributed by atoms with Crippen LogP contribution in [-0.4, -0.2) is 20.7 Å². The second-order valence-corrected chi connectivity index (χ2v) is 7.23. The van der Waals surface area contributed by atoms with Crippen LogP contribution >= 0.6 is 0 Å². The number of nitrogens with zero attached hydrogens (tertiary/aromatic N) is 3. The first-order valence-corrected chi connectivity index (χ1v) is 9.45. The van der Waals surface area contributed by atoms with Gasteiger partial charge in [-0.2, -0.15) is 5.10 Å². The van der Waals surface area contributed by atoms with E-state index < -0.39 is 0 Å². The number of benzene rings is 1. The second kappa shape index (κ2) is 7.35. The van der Waals surface area contributed by atoms with Crippen LogP contribution in [0.5, 0.6) is 0 Å². The molecule has 27 heavy (non-hydrogen) atoms. The average molecular weight is 360 g/mol. The lowest BCUT2D eigenvalue weighted by Gasteiger charge is -2.24. The molecule has 1 aliphatic carbocycles. The highest BCUT2D eigenvalue weighted by atomic mass is 16.1. The number of rotatable bonds is 4. The number of carbonyl (C=O) groups excluding carboxylic acids is 1. The molecule has 1 aromatic carbocycles. The van der Waals surface area contributed by atoms with Crippen LogP contribution in [0.3, 0.4) is 0 Å². The van der Waals surface area contributed by atoms with Gasteiger partial charge in [-0.25, -0.2) is 4.68 Å². The lowest BCUT2D eigenvalue weighted by atomic mass is 9.92. The van der Waals surface area contributed by atoms with Gasteiger partial charge in [0.1, 0.15) is 0 Å². The Kier molecular flexibility index (Phi) is 4.75. The zero-order valence-corrected chi connectivity index (χ0v) is 15.8. The fraction of sp³-hybridized carbons (Fsp3) is 0.318. The van der Waals surface area contributed by atoms with Gasteiger partial charge in [0.05, 0.1) is 24.3 Å². The van der Waals surface area contributed by atoms with E-state index in [0.717, 1.165) is 36.1 Å². The fourth-order valence-corrected chi connectivity index (χ4v) is 3.81. The van der Waals surface area contributed by atoms with Crippen molar-refractivity contribution in [3.05, 3.63) is 76.9 Å². The first-order valence-electron chi connectivity index (χ1n) is 9.45. The summed E-state index contributed by atoms with van der Waals surface area (Å²) in [4.78, 5) is 16.6. The molecule has 0 saturated carbocycles. The average Bonchev–Trinajstić information content (AvgIpc) is 3.10. The molecule has 0 unspecified atom stereocenters. The summed E-state index contributed by atoms with van der Waals surface area (Å²) in [5.74, 6) is 0.0281. The van der Waals surface area contributed by atoms with Gasteiger partial charge < -0.3 is 5.32 Å². The molecule has 0 spiro atoms. The van der Waals surface area contributed by atoms with Crippen LogP contribution < -0.4 is 5.32 Å². The number of hydrogen-bond donors (Lipinski definition) is 1. The van der Waals surface area contributed by atoms with Crippen molar-refractivity contribution >= 4 is 5.91 Å². The lowest BCUT2D eigenvalue weighted by Crippen LogP contribution is -2.32. The molecule has 1 amide bonds. The molecule has 1 aliphatic rings. The van der Waals surface area contributed by atoms with E-state index in [4.69, 9.17) is 0 Å². The molecular weight excluding hydrogens is 336 g/mol. The van der Waals surface area contributed by atoms with E-state index >= 15 is 0 Å². The highest BCUT2D eigenvalue weighted by Crippen LogP contribution is 2.32. The van der Waals surface area contributed by atoms with E-state index in [9.17, 15) is 4.79 Å².